The molecule has 7 nitrogen and oxygen atoms in total. The van der Waals surface area contributed by atoms with Gasteiger partial charge in [-0.15, -0.1) is 0 Å². The molecule has 11 heteroatoms. The highest BCUT2D eigenvalue weighted by Crippen LogP contribution is 2.30. The third-order valence-corrected chi connectivity index (χ3v) is 9.32. The Labute approximate surface area is 256 Å². The van der Waals surface area contributed by atoms with Crippen LogP contribution in [0.4, 0.5) is 5.69 Å². The lowest BCUT2D eigenvalue weighted by molar-refractivity contribution is -0.140. The largest absolute Gasteiger partial charge is 0.352 e. The molecule has 0 aromatic heterocycles. The molecule has 2 amide bonds. The van der Waals surface area contributed by atoms with Gasteiger partial charge < -0.3 is 10.2 Å². The first-order valence-corrected chi connectivity index (χ1v) is 16.3. The molecule has 1 aliphatic carbocycles. The Hall–Kier alpha value is -2.78. The normalized spacial score (nSPS) is 14.4. The van der Waals surface area contributed by atoms with Crippen LogP contribution in [0.25, 0.3) is 0 Å². The minimum atomic E-state index is -3.93. The number of nitrogens with zero attached hydrogens (tertiary/aromatic N) is 2. The molecule has 3 aromatic carbocycles. The first kappa shape index (κ1) is 31.2. The SMILES string of the molecule is CS(=O)(=O)N(CC(=O)N(Cc1c(Cl)cccc1Cl)C(Cc1ccccc1)C(=O)NC1CCCC1)c1ccccc1Cl. The van der Waals surface area contributed by atoms with E-state index in [2.05, 4.69) is 5.32 Å². The Bertz CT molecular complexity index is 1460. The van der Waals surface area contributed by atoms with Gasteiger partial charge in [-0.05, 0) is 42.7 Å². The molecule has 41 heavy (non-hydrogen) atoms. The molecule has 1 saturated carbocycles. The number of carbonyl (C=O) groups is 2. The third-order valence-electron chi connectivity index (χ3n) is 7.16. The van der Waals surface area contributed by atoms with Crippen molar-refractivity contribution in [1.29, 1.82) is 0 Å². The first-order chi connectivity index (χ1) is 19.5. The second kappa shape index (κ2) is 13.9. The summed E-state index contributed by atoms with van der Waals surface area (Å²) >= 11 is 19.4. The van der Waals surface area contributed by atoms with Gasteiger partial charge in [0.1, 0.15) is 12.6 Å². The van der Waals surface area contributed by atoms with E-state index in [1.807, 2.05) is 30.3 Å². The third kappa shape index (κ3) is 8.16. The van der Waals surface area contributed by atoms with Crippen LogP contribution in [-0.2, 0) is 32.6 Å². The van der Waals surface area contributed by atoms with Crippen LogP contribution in [0, 0.1) is 0 Å². The highest BCUT2D eigenvalue weighted by Gasteiger charge is 2.35. The molecule has 218 valence electrons. The monoisotopic (exact) mass is 635 g/mol. The molecule has 0 aliphatic heterocycles. The average molecular weight is 637 g/mol. The molecule has 1 unspecified atom stereocenters. The van der Waals surface area contributed by atoms with E-state index in [4.69, 9.17) is 34.8 Å². The second-order valence-electron chi connectivity index (χ2n) is 10.1. The van der Waals surface area contributed by atoms with E-state index < -0.39 is 28.5 Å². The van der Waals surface area contributed by atoms with Crippen molar-refractivity contribution in [2.45, 2.75) is 50.7 Å². The molecular formula is C30H32Cl3N3O4S. The van der Waals surface area contributed by atoms with E-state index in [9.17, 15) is 18.0 Å². The maximum Gasteiger partial charge on any atom is 0.244 e. The summed E-state index contributed by atoms with van der Waals surface area (Å²) in [5.41, 5.74) is 1.46. The number of sulfonamides is 1. The van der Waals surface area contributed by atoms with E-state index in [0.717, 1.165) is 41.8 Å². The maximum absolute atomic E-state index is 14.2. The molecule has 0 heterocycles. The number of benzene rings is 3. The quantitative estimate of drug-likeness (QED) is 0.275. The number of anilines is 1. The number of para-hydroxylation sites is 1. The standard InChI is InChI=1S/C30H32Cl3N3O4S/c1-41(39,40)36(27-17-8-7-14-26(27)33)20-29(37)35(19-23-24(31)15-9-16-25(23)32)28(18-21-10-3-2-4-11-21)30(38)34-22-12-5-6-13-22/h2-4,7-11,14-17,22,28H,5-6,12-13,18-20H2,1H3,(H,34,38). The van der Waals surface area contributed by atoms with Crippen molar-refractivity contribution in [3.8, 4) is 0 Å². The molecule has 0 radical (unpaired) electrons. The Morgan fingerprint density at radius 2 is 1.46 bits per heavy atom. The molecular weight excluding hydrogens is 605 g/mol. The lowest BCUT2D eigenvalue weighted by Crippen LogP contribution is -2.54. The van der Waals surface area contributed by atoms with Gasteiger partial charge in [0.15, 0.2) is 0 Å². The Morgan fingerprint density at radius 3 is 2.07 bits per heavy atom. The van der Waals surface area contributed by atoms with Crippen molar-refractivity contribution in [3.05, 3.63) is 99.0 Å². The number of halogens is 3. The van der Waals surface area contributed by atoms with E-state index >= 15 is 0 Å². The lowest BCUT2D eigenvalue weighted by atomic mass is 10.0. The van der Waals surface area contributed by atoms with Crippen molar-refractivity contribution in [3.63, 3.8) is 0 Å². The summed E-state index contributed by atoms with van der Waals surface area (Å²) < 4.78 is 26.8. The number of rotatable bonds is 11. The molecule has 0 spiro atoms. The number of hydrogen-bond donors (Lipinski definition) is 1. The minimum absolute atomic E-state index is 0.0114. The molecule has 1 N–H and O–H groups in total. The molecule has 1 atom stereocenters. The molecule has 3 aromatic rings. The van der Waals surface area contributed by atoms with Gasteiger partial charge in [-0.1, -0.05) is 96.2 Å². The van der Waals surface area contributed by atoms with Crippen LogP contribution in [0.1, 0.15) is 36.8 Å². The van der Waals surface area contributed by atoms with Gasteiger partial charge in [0.25, 0.3) is 0 Å². The second-order valence-corrected chi connectivity index (χ2v) is 13.3. The zero-order valence-electron chi connectivity index (χ0n) is 22.6. The van der Waals surface area contributed by atoms with Crippen LogP contribution < -0.4 is 9.62 Å². The summed E-state index contributed by atoms with van der Waals surface area (Å²) in [5, 5.41) is 3.95. The highest BCUT2D eigenvalue weighted by atomic mass is 35.5. The maximum atomic E-state index is 14.2. The molecule has 4 rings (SSSR count). The van der Waals surface area contributed by atoms with Gasteiger partial charge in [-0.2, -0.15) is 0 Å². The molecule has 1 aliphatic rings. The average Bonchev–Trinajstić information content (AvgIpc) is 3.44. The van der Waals surface area contributed by atoms with Gasteiger partial charge in [0.2, 0.25) is 21.8 Å². The summed E-state index contributed by atoms with van der Waals surface area (Å²) in [6.07, 6.45) is 4.98. The lowest BCUT2D eigenvalue weighted by Gasteiger charge is -2.34. The summed E-state index contributed by atoms with van der Waals surface area (Å²) in [5.74, 6) is -0.922. The van der Waals surface area contributed by atoms with Crippen molar-refractivity contribution in [1.82, 2.24) is 10.2 Å². The van der Waals surface area contributed by atoms with Crippen molar-refractivity contribution in [2.24, 2.45) is 0 Å². The van der Waals surface area contributed by atoms with E-state index in [1.54, 1.807) is 36.4 Å². The van der Waals surface area contributed by atoms with Gasteiger partial charge in [-0.25, -0.2) is 8.42 Å². The van der Waals surface area contributed by atoms with Crippen LogP contribution in [0.3, 0.4) is 0 Å². The predicted molar refractivity (Wildman–Crippen MR) is 165 cm³/mol. The minimum Gasteiger partial charge on any atom is -0.352 e. The first-order valence-electron chi connectivity index (χ1n) is 13.3. The zero-order valence-corrected chi connectivity index (χ0v) is 25.7. The number of nitrogens with one attached hydrogen (secondary N) is 1. The van der Waals surface area contributed by atoms with Crippen molar-refractivity contribution >= 4 is 62.3 Å². The topological polar surface area (TPSA) is 86.8 Å². The predicted octanol–water partition coefficient (Wildman–Crippen LogP) is 6.11. The Morgan fingerprint density at radius 1 is 0.878 bits per heavy atom. The Balaban J connectivity index is 1.77. The van der Waals surface area contributed by atoms with Gasteiger partial charge in [-0.3, -0.25) is 13.9 Å². The van der Waals surface area contributed by atoms with Crippen LogP contribution in [0.15, 0.2) is 72.8 Å². The van der Waals surface area contributed by atoms with Crippen LogP contribution >= 0.6 is 34.8 Å². The van der Waals surface area contributed by atoms with E-state index in [1.165, 1.54) is 11.0 Å². The number of hydrogen-bond acceptors (Lipinski definition) is 4. The molecule has 1 fully saturated rings. The van der Waals surface area contributed by atoms with Crippen LogP contribution in [0.2, 0.25) is 15.1 Å². The molecule has 0 bridgehead atoms. The van der Waals surface area contributed by atoms with Crippen LogP contribution in [0.5, 0.6) is 0 Å². The number of carbonyl (C=O) groups excluding carboxylic acids is 2. The summed E-state index contributed by atoms with van der Waals surface area (Å²) in [6.45, 7) is -0.681. The fourth-order valence-electron chi connectivity index (χ4n) is 5.02. The fourth-order valence-corrected chi connectivity index (χ4v) is 6.69. The van der Waals surface area contributed by atoms with Crippen molar-refractivity contribution < 1.29 is 18.0 Å². The summed E-state index contributed by atoms with van der Waals surface area (Å²) in [7, 11) is -3.93. The summed E-state index contributed by atoms with van der Waals surface area (Å²) in [4.78, 5) is 29.5. The van der Waals surface area contributed by atoms with Gasteiger partial charge in [0, 0.05) is 34.6 Å². The summed E-state index contributed by atoms with van der Waals surface area (Å²) in [6, 6.07) is 19.8. The number of amides is 2. The van der Waals surface area contributed by atoms with Gasteiger partial charge in [0.05, 0.1) is 17.0 Å². The van der Waals surface area contributed by atoms with Crippen LogP contribution in [-0.4, -0.2) is 50.0 Å². The zero-order chi connectivity index (χ0) is 29.6. The van der Waals surface area contributed by atoms with E-state index in [-0.39, 0.29) is 35.6 Å². The Kier molecular flexibility index (Phi) is 10.6. The highest BCUT2D eigenvalue weighted by molar-refractivity contribution is 7.92. The smallest absolute Gasteiger partial charge is 0.244 e. The van der Waals surface area contributed by atoms with E-state index in [0.29, 0.717) is 15.6 Å². The fraction of sp³-hybridized carbons (Fsp3) is 0.333. The van der Waals surface area contributed by atoms with Crippen molar-refractivity contribution in [2.75, 3.05) is 17.1 Å². The molecule has 0 saturated heterocycles. The van der Waals surface area contributed by atoms with Gasteiger partial charge >= 0.3 is 0 Å².